The molecular formula is C27H37ClN6O2. The van der Waals surface area contributed by atoms with Gasteiger partial charge in [-0.15, -0.1) is 0 Å². The van der Waals surface area contributed by atoms with E-state index in [2.05, 4.69) is 19.7 Å². The molecule has 3 aliphatic rings. The average molecular weight is 513 g/mol. The summed E-state index contributed by atoms with van der Waals surface area (Å²) in [5.41, 5.74) is 1.22. The van der Waals surface area contributed by atoms with Crippen LogP contribution in [0, 0.1) is 0 Å². The Morgan fingerprint density at radius 3 is 2.50 bits per heavy atom. The molecule has 2 saturated heterocycles. The van der Waals surface area contributed by atoms with Crippen LogP contribution in [0.4, 0.5) is 5.95 Å². The monoisotopic (exact) mass is 512 g/mol. The Bertz CT molecular complexity index is 1090. The van der Waals surface area contributed by atoms with E-state index in [0.29, 0.717) is 42.7 Å². The molecule has 36 heavy (non-hydrogen) atoms. The number of anilines is 1. The fourth-order valence-corrected chi connectivity index (χ4v) is 6.04. The van der Waals surface area contributed by atoms with Crippen LogP contribution in [0.5, 0.6) is 0 Å². The standard InChI is InChI=1S/C27H37ClN6O2/c28-24-10-5-4-9-23(24)26(36)33-11-6-12-34(18-17-33)27-29-21(19-25(35)30-27)20-31-13-15-32(16-14-31)22-7-2-1-3-8-22/h4-5,9-10,19,22H,1-3,6-8,11-18,20H2,(H,29,30,35). The number of piperazine rings is 1. The van der Waals surface area contributed by atoms with Crippen molar-refractivity contribution in [3.8, 4) is 0 Å². The number of hydrogen-bond acceptors (Lipinski definition) is 6. The first-order valence-electron chi connectivity index (χ1n) is 13.4. The van der Waals surface area contributed by atoms with Crippen molar-refractivity contribution in [3.63, 3.8) is 0 Å². The first-order valence-corrected chi connectivity index (χ1v) is 13.8. The van der Waals surface area contributed by atoms with Crippen LogP contribution in [-0.4, -0.2) is 89.0 Å². The molecule has 1 aromatic heterocycles. The van der Waals surface area contributed by atoms with E-state index < -0.39 is 0 Å². The van der Waals surface area contributed by atoms with Crippen LogP contribution in [0.2, 0.25) is 5.02 Å². The number of hydrogen-bond donors (Lipinski definition) is 1. The van der Waals surface area contributed by atoms with E-state index >= 15 is 0 Å². The largest absolute Gasteiger partial charge is 0.340 e. The van der Waals surface area contributed by atoms with Crippen molar-refractivity contribution in [3.05, 3.63) is 57.0 Å². The van der Waals surface area contributed by atoms with Crippen LogP contribution < -0.4 is 10.5 Å². The van der Waals surface area contributed by atoms with Gasteiger partial charge in [-0.05, 0) is 31.4 Å². The minimum Gasteiger partial charge on any atom is -0.340 e. The third-order valence-corrected chi connectivity index (χ3v) is 8.18. The lowest BCUT2D eigenvalue weighted by Crippen LogP contribution is -2.50. The third kappa shape index (κ3) is 6.10. The Morgan fingerprint density at radius 2 is 1.72 bits per heavy atom. The Morgan fingerprint density at radius 1 is 0.944 bits per heavy atom. The summed E-state index contributed by atoms with van der Waals surface area (Å²) in [5, 5.41) is 0.474. The number of nitrogens with zero attached hydrogens (tertiary/aromatic N) is 5. The Labute approximate surface area is 218 Å². The second-order valence-electron chi connectivity index (χ2n) is 10.3. The molecule has 3 fully saturated rings. The van der Waals surface area contributed by atoms with Gasteiger partial charge in [-0.2, -0.15) is 0 Å². The van der Waals surface area contributed by atoms with Crippen molar-refractivity contribution < 1.29 is 4.79 Å². The van der Waals surface area contributed by atoms with Crippen molar-refractivity contribution >= 4 is 23.5 Å². The predicted molar refractivity (Wildman–Crippen MR) is 143 cm³/mol. The van der Waals surface area contributed by atoms with E-state index in [0.717, 1.165) is 50.9 Å². The van der Waals surface area contributed by atoms with Crippen molar-refractivity contribution in [1.82, 2.24) is 24.7 Å². The molecule has 1 aromatic carbocycles. The van der Waals surface area contributed by atoms with Gasteiger partial charge in [0.1, 0.15) is 0 Å². The molecule has 0 bridgehead atoms. The van der Waals surface area contributed by atoms with Gasteiger partial charge in [0.2, 0.25) is 5.95 Å². The first-order chi connectivity index (χ1) is 17.6. The molecule has 1 amide bonds. The highest BCUT2D eigenvalue weighted by Gasteiger charge is 2.26. The normalized spacial score (nSPS) is 20.9. The number of aromatic nitrogens is 2. The maximum atomic E-state index is 13.0. The summed E-state index contributed by atoms with van der Waals surface area (Å²) in [7, 11) is 0. The summed E-state index contributed by atoms with van der Waals surface area (Å²) in [4.78, 5) is 42.3. The summed E-state index contributed by atoms with van der Waals surface area (Å²) in [6.07, 6.45) is 7.61. The summed E-state index contributed by atoms with van der Waals surface area (Å²) in [5.74, 6) is 0.551. The van der Waals surface area contributed by atoms with Gasteiger partial charge < -0.3 is 9.80 Å². The lowest BCUT2D eigenvalue weighted by atomic mass is 9.94. The molecular weight excluding hydrogens is 476 g/mol. The SMILES string of the molecule is O=C(c1ccccc1Cl)N1CCCN(c2nc(CN3CCN(C4CCCCC4)CC3)cc(=O)[nH]2)CC1. The van der Waals surface area contributed by atoms with Crippen LogP contribution >= 0.6 is 11.6 Å². The molecule has 8 nitrogen and oxygen atoms in total. The topological polar surface area (TPSA) is 75.8 Å². The molecule has 1 saturated carbocycles. The maximum Gasteiger partial charge on any atom is 0.255 e. The number of carbonyl (C=O) groups is 1. The average Bonchev–Trinajstić information content (AvgIpc) is 3.16. The zero-order valence-corrected chi connectivity index (χ0v) is 21.8. The van der Waals surface area contributed by atoms with Crippen LogP contribution in [0.25, 0.3) is 0 Å². The Hall–Kier alpha value is -2.42. The van der Waals surface area contributed by atoms with Gasteiger partial charge in [0, 0.05) is 71.0 Å². The second-order valence-corrected chi connectivity index (χ2v) is 10.7. The van der Waals surface area contributed by atoms with E-state index in [1.54, 1.807) is 18.2 Å². The van der Waals surface area contributed by atoms with Crippen LogP contribution in [0.3, 0.4) is 0 Å². The van der Waals surface area contributed by atoms with Crippen LogP contribution in [0.1, 0.15) is 54.6 Å². The van der Waals surface area contributed by atoms with Gasteiger partial charge in [-0.1, -0.05) is 43.0 Å². The van der Waals surface area contributed by atoms with E-state index in [9.17, 15) is 9.59 Å². The molecule has 1 aliphatic carbocycles. The number of aromatic amines is 1. The van der Waals surface area contributed by atoms with Gasteiger partial charge in [-0.3, -0.25) is 24.4 Å². The minimum atomic E-state index is -0.121. The molecule has 1 N–H and O–H groups in total. The number of H-pyrrole nitrogens is 1. The Balaban J connectivity index is 1.19. The highest BCUT2D eigenvalue weighted by molar-refractivity contribution is 6.33. The van der Waals surface area contributed by atoms with Crippen molar-refractivity contribution in [2.45, 2.75) is 51.1 Å². The van der Waals surface area contributed by atoms with Crippen molar-refractivity contribution in [2.24, 2.45) is 0 Å². The fourth-order valence-electron chi connectivity index (χ4n) is 5.82. The molecule has 3 heterocycles. The number of halogens is 1. The van der Waals surface area contributed by atoms with Crippen molar-refractivity contribution in [1.29, 1.82) is 0 Å². The number of carbonyl (C=O) groups excluding carboxylic acids is 1. The van der Waals surface area contributed by atoms with Gasteiger partial charge in [0.25, 0.3) is 11.5 Å². The van der Waals surface area contributed by atoms with Gasteiger partial charge in [0.15, 0.2) is 0 Å². The second kappa shape index (κ2) is 11.8. The number of nitrogens with one attached hydrogen (secondary N) is 1. The lowest BCUT2D eigenvalue weighted by molar-refractivity contribution is 0.0749. The van der Waals surface area contributed by atoms with Crippen LogP contribution in [-0.2, 0) is 6.54 Å². The van der Waals surface area contributed by atoms with E-state index in [-0.39, 0.29) is 11.5 Å². The molecule has 194 valence electrons. The molecule has 0 radical (unpaired) electrons. The molecule has 0 unspecified atom stereocenters. The molecule has 0 atom stereocenters. The smallest absolute Gasteiger partial charge is 0.255 e. The fraction of sp³-hybridized carbons (Fsp3) is 0.593. The van der Waals surface area contributed by atoms with E-state index in [1.807, 2.05) is 17.0 Å². The predicted octanol–water partition coefficient (Wildman–Crippen LogP) is 3.23. The highest BCUT2D eigenvalue weighted by Crippen LogP contribution is 2.24. The van der Waals surface area contributed by atoms with Crippen LogP contribution in [0.15, 0.2) is 35.1 Å². The highest BCUT2D eigenvalue weighted by atomic mass is 35.5. The Kier molecular flexibility index (Phi) is 8.24. The summed E-state index contributed by atoms with van der Waals surface area (Å²) in [6, 6.07) is 9.56. The molecule has 9 heteroatoms. The van der Waals surface area contributed by atoms with Crippen molar-refractivity contribution in [2.75, 3.05) is 57.3 Å². The number of benzene rings is 1. The van der Waals surface area contributed by atoms with E-state index in [1.165, 1.54) is 32.1 Å². The van der Waals surface area contributed by atoms with Gasteiger partial charge in [-0.25, -0.2) is 4.98 Å². The summed E-state index contributed by atoms with van der Waals surface area (Å²) in [6.45, 7) is 7.48. The molecule has 0 spiro atoms. The zero-order valence-electron chi connectivity index (χ0n) is 21.0. The van der Waals surface area contributed by atoms with Gasteiger partial charge >= 0.3 is 0 Å². The van der Waals surface area contributed by atoms with Gasteiger partial charge in [0.05, 0.1) is 16.3 Å². The third-order valence-electron chi connectivity index (χ3n) is 7.85. The molecule has 2 aliphatic heterocycles. The number of rotatable bonds is 5. The molecule has 5 rings (SSSR count). The van der Waals surface area contributed by atoms with E-state index in [4.69, 9.17) is 16.6 Å². The quantitative estimate of drug-likeness (QED) is 0.663. The molecule has 2 aromatic rings. The number of amides is 1. The minimum absolute atomic E-state index is 0.0509. The first kappa shape index (κ1) is 25.2. The maximum absolute atomic E-state index is 13.0. The summed E-state index contributed by atoms with van der Waals surface area (Å²) >= 11 is 6.25. The zero-order chi connectivity index (χ0) is 24.9. The lowest BCUT2D eigenvalue weighted by Gasteiger charge is -2.40. The summed E-state index contributed by atoms with van der Waals surface area (Å²) < 4.78 is 0.